The molecule has 0 fully saturated rings. The lowest BCUT2D eigenvalue weighted by Gasteiger charge is -2.15. The average Bonchev–Trinajstić information content (AvgIpc) is 4.04. The molecule has 0 radical (unpaired) electrons. The lowest BCUT2D eigenvalue weighted by Crippen LogP contribution is -2.35. The van der Waals surface area contributed by atoms with Crippen LogP contribution in [0.2, 0.25) is 0 Å². The predicted octanol–water partition coefficient (Wildman–Crippen LogP) is 11.4. The Hall–Kier alpha value is -7.26. The molecule has 3 aromatic heterocycles. The van der Waals surface area contributed by atoms with Gasteiger partial charge >= 0.3 is 12.1 Å². The molecule has 0 saturated heterocycles. The Morgan fingerprint density at radius 3 is 1.15 bits per heavy atom. The van der Waals surface area contributed by atoms with Crippen molar-refractivity contribution >= 4 is 52.3 Å². The van der Waals surface area contributed by atoms with Crippen LogP contribution in [-0.2, 0) is 4.79 Å². The normalized spacial score (nSPS) is 12.2. The quantitative estimate of drug-likeness (QED) is 0.185. The highest BCUT2D eigenvalue weighted by atomic mass is 19.4. The Morgan fingerprint density at radius 1 is 0.473 bits per heavy atom. The van der Waals surface area contributed by atoms with E-state index in [9.17, 15) is 18.0 Å². The number of hydrogen-bond acceptors (Lipinski definition) is 3. The molecule has 2 aliphatic heterocycles. The van der Waals surface area contributed by atoms with E-state index in [1.165, 1.54) is 4.68 Å². The fourth-order valence-electron chi connectivity index (χ4n) is 7.24. The van der Waals surface area contributed by atoms with Gasteiger partial charge in [-0.2, -0.15) is 13.2 Å². The van der Waals surface area contributed by atoms with Crippen molar-refractivity contribution in [3.8, 4) is 44.5 Å². The molecule has 0 unspecified atom stereocenters. The van der Waals surface area contributed by atoms with Crippen molar-refractivity contribution in [3.05, 3.63) is 168 Å². The molecule has 5 heterocycles. The molecule has 0 saturated carbocycles. The number of aromatic nitrogens is 4. The summed E-state index contributed by atoms with van der Waals surface area (Å²) in [5, 5.41) is 0. The highest BCUT2D eigenvalue weighted by Gasteiger charge is 2.39. The first kappa shape index (κ1) is 33.6. The first-order valence-corrected chi connectivity index (χ1v) is 17.6. The summed E-state index contributed by atoms with van der Waals surface area (Å²) in [6, 6.07) is 46.0. The van der Waals surface area contributed by atoms with E-state index in [2.05, 4.69) is 10.4 Å². The molecule has 6 nitrogen and oxygen atoms in total. The van der Waals surface area contributed by atoms with Crippen LogP contribution < -0.4 is 5.43 Å². The van der Waals surface area contributed by atoms with Gasteiger partial charge in [-0.15, -0.1) is 0 Å². The van der Waals surface area contributed by atoms with Crippen LogP contribution in [0.1, 0.15) is 22.8 Å². The Morgan fingerprint density at radius 2 is 0.800 bits per heavy atom. The fraction of sp³-hybridized carbons (Fsp3) is 0.0217. The van der Waals surface area contributed by atoms with Crippen LogP contribution in [0, 0.1) is 0 Å². The number of hydrogen-bond donors (Lipinski definition) is 2. The van der Waals surface area contributed by atoms with E-state index in [0.717, 1.165) is 33.3 Å². The van der Waals surface area contributed by atoms with Gasteiger partial charge in [0.15, 0.2) is 0 Å². The number of fused-ring (bicyclic) bond motifs is 8. The molecule has 0 aliphatic carbocycles. The molecule has 4 aromatic carbocycles. The van der Waals surface area contributed by atoms with E-state index >= 15 is 0 Å². The lowest BCUT2D eigenvalue weighted by molar-refractivity contribution is -0.168. The number of nitrogens with zero attached hydrogens (tertiary/aromatic N) is 3. The SMILES string of the molecule is O=C(Nn1c2ccc1c(-c1ccccc1)c1nc(c(-c3ccccc3)c3ccc([nH]3)c(-c3ccccc3)c3nc(c2-c2ccccc2)C=C3)C=C1)C(F)(F)F. The summed E-state index contributed by atoms with van der Waals surface area (Å²) < 4.78 is 43.6. The van der Waals surface area contributed by atoms with Crippen molar-refractivity contribution in [2.75, 3.05) is 5.43 Å². The maximum Gasteiger partial charge on any atom is 0.472 e. The minimum atomic E-state index is -5.17. The van der Waals surface area contributed by atoms with Crippen LogP contribution in [0.15, 0.2) is 146 Å². The Balaban J connectivity index is 1.53. The van der Waals surface area contributed by atoms with E-state index < -0.39 is 12.1 Å². The van der Waals surface area contributed by atoms with E-state index in [0.29, 0.717) is 56.1 Å². The van der Waals surface area contributed by atoms with Crippen molar-refractivity contribution in [1.29, 1.82) is 0 Å². The zero-order valence-corrected chi connectivity index (χ0v) is 29.0. The topological polar surface area (TPSA) is 75.6 Å². The highest BCUT2D eigenvalue weighted by Crippen LogP contribution is 2.39. The molecule has 2 N–H and O–H groups in total. The highest BCUT2D eigenvalue weighted by molar-refractivity contribution is 6.01. The monoisotopic (exact) mass is 725 g/mol. The van der Waals surface area contributed by atoms with Gasteiger partial charge in [-0.3, -0.25) is 14.9 Å². The number of benzene rings is 4. The van der Waals surface area contributed by atoms with E-state index in [-0.39, 0.29) is 0 Å². The minimum Gasteiger partial charge on any atom is -0.354 e. The average molecular weight is 726 g/mol. The predicted molar refractivity (Wildman–Crippen MR) is 215 cm³/mol. The maximum absolute atomic E-state index is 14.1. The number of aromatic amines is 1. The smallest absolute Gasteiger partial charge is 0.354 e. The van der Waals surface area contributed by atoms with Gasteiger partial charge in [-0.05, 0) is 70.8 Å². The number of carbonyl (C=O) groups is 1. The van der Waals surface area contributed by atoms with Crippen LogP contribution in [0.5, 0.6) is 0 Å². The van der Waals surface area contributed by atoms with Crippen molar-refractivity contribution < 1.29 is 18.0 Å². The number of halogens is 3. The molecule has 2 aliphatic rings. The molecule has 8 bridgehead atoms. The van der Waals surface area contributed by atoms with Gasteiger partial charge in [0.05, 0.1) is 33.8 Å². The van der Waals surface area contributed by atoms with Crippen molar-refractivity contribution in [2.24, 2.45) is 0 Å². The van der Waals surface area contributed by atoms with Crippen molar-refractivity contribution in [1.82, 2.24) is 19.6 Å². The first-order valence-electron chi connectivity index (χ1n) is 17.6. The molecule has 0 spiro atoms. The van der Waals surface area contributed by atoms with Gasteiger partial charge < -0.3 is 4.98 Å². The lowest BCUT2D eigenvalue weighted by atomic mass is 10.0. The second-order valence-corrected chi connectivity index (χ2v) is 13.1. The largest absolute Gasteiger partial charge is 0.472 e. The van der Waals surface area contributed by atoms with Crippen LogP contribution >= 0.6 is 0 Å². The van der Waals surface area contributed by atoms with Crippen molar-refractivity contribution in [2.45, 2.75) is 6.18 Å². The van der Waals surface area contributed by atoms with E-state index in [4.69, 9.17) is 9.97 Å². The number of carbonyl (C=O) groups excluding carboxylic acids is 1. The third-order valence-corrected chi connectivity index (χ3v) is 9.64. The first-order chi connectivity index (χ1) is 26.8. The standard InChI is InChI=1S/C46H30F3N5O/c47-46(48,49)45(55)53-54-39-27-28-40(54)44(32-19-11-4-12-20-32)38-26-24-36(52-38)42(30-15-7-2-8-16-30)34-22-21-33(50-34)41(29-13-5-1-6-14-29)35-23-25-37(51-35)43(39)31-17-9-3-10-18-31/h1-28,50H,(H,53,55). The zero-order chi connectivity index (χ0) is 37.5. The van der Waals surface area contributed by atoms with Gasteiger partial charge in [0.1, 0.15) is 0 Å². The summed E-state index contributed by atoms with van der Waals surface area (Å²) >= 11 is 0. The van der Waals surface area contributed by atoms with Crippen molar-refractivity contribution in [3.63, 3.8) is 0 Å². The molecule has 1 amide bonds. The van der Waals surface area contributed by atoms with E-state index in [1.807, 2.05) is 158 Å². The van der Waals surface area contributed by atoms with Gasteiger partial charge in [0, 0.05) is 33.3 Å². The molecular weight excluding hydrogens is 696 g/mol. The third kappa shape index (κ3) is 6.21. The molecule has 266 valence electrons. The van der Waals surface area contributed by atoms with Gasteiger partial charge in [0.2, 0.25) is 0 Å². The number of amides is 1. The Kier molecular flexibility index (Phi) is 8.31. The second-order valence-electron chi connectivity index (χ2n) is 13.1. The summed E-state index contributed by atoms with van der Waals surface area (Å²) in [5.41, 5.74) is 12.7. The fourth-order valence-corrected chi connectivity index (χ4v) is 7.24. The van der Waals surface area contributed by atoms with Gasteiger partial charge in [-0.1, -0.05) is 121 Å². The van der Waals surface area contributed by atoms with Gasteiger partial charge in [0.25, 0.3) is 0 Å². The van der Waals surface area contributed by atoms with E-state index in [1.54, 1.807) is 12.1 Å². The summed E-state index contributed by atoms with van der Waals surface area (Å²) in [6.45, 7) is 0. The summed E-state index contributed by atoms with van der Waals surface area (Å²) in [7, 11) is 0. The number of nitrogens with one attached hydrogen (secondary N) is 2. The Labute approximate surface area is 313 Å². The number of rotatable bonds is 5. The van der Waals surface area contributed by atoms with Crippen LogP contribution in [0.4, 0.5) is 13.2 Å². The Bertz CT molecular complexity index is 2650. The number of alkyl halides is 3. The molecule has 9 rings (SSSR count). The summed E-state index contributed by atoms with van der Waals surface area (Å²) in [6.07, 6.45) is 2.38. The minimum absolute atomic E-state index is 0.302. The second kappa shape index (κ2) is 13.6. The van der Waals surface area contributed by atoms with Crippen LogP contribution in [-0.4, -0.2) is 31.7 Å². The van der Waals surface area contributed by atoms with Crippen LogP contribution in [0.3, 0.4) is 0 Å². The van der Waals surface area contributed by atoms with Gasteiger partial charge in [-0.25, -0.2) is 9.97 Å². The zero-order valence-electron chi connectivity index (χ0n) is 29.0. The molecular formula is C46H30F3N5O. The maximum atomic E-state index is 14.1. The third-order valence-electron chi connectivity index (χ3n) is 9.64. The summed E-state index contributed by atoms with van der Waals surface area (Å²) in [5.74, 6) is -2.12. The molecule has 9 heteroatoms. The molecule has 55 heavy (non-hydrogen) atoms. The number of H-pyrrole nitrogens is 1. The molecule has 7 aromatic rings. The summed E-state index contributed by atoms with van der Waals surface area (Å²) in [4.78, 5) is 27.0. The molecule has 0 atom stereocenters. The van der Waals surface area contributed by atoms with Crippen LogP contribution in [0.25, 0.3) is 90.9 Å².